The lowest BCUT2D eigenvalue weighted by atomic mass is 9.96. The number of carbonyl (C=O) groups excluding carboxylic acids is 1. The molecule has 0 radical (unpaired) electrons. The number of methoxy groups -OCH3 is 3. The van der Waals surface area contributed by atoms with Gasteiger partial charge in [0.15, 0.2) is 16.3 Å². The smallest absolute Gasteiger partial charge is 0.338 e. The Hall–Kier alpha value is -4.05. The average molecular weight is 553 g/mol. The van der Waals surface area contributed by atoms with Gasteiger partial charge in [0.05, 0.1) is 55.9 Å². The average Bonchev–Trinajstić information content (AvgIpc) is 3.21. The van der Waals surface area contributed by atoms with Crippen LogP contribution in [-0.4, -0.2) is 44.6 Å². The van der Waals surface area contributed by atoms with Crippen LogP contribution in [0.4, 0.5) is 0 Å². The fraction of sp³-hybridized carbons (Fsp3) is 0.345. The van der Waals surface area contributed by atoms with Gasteiger partial charge in [-0.2, -0.15) is 0 Å². The largest absolute Gasteiger partial charge is 0.493 e. The summed E-state index contributed by atoms with van der Waals surface area (Å²) in [6, 6.07) is 10.2. The summed E-state index contributed by atoms with van der Waals surface area (Å²) >= 11 is 1.23. The number of fused-ring (bicyclic) bond motifs is 1. The number of thiazole rings is 1. The van der Waals surface area contributed by atoms with Crippen LogP contribution in [0.3, 0.4) is 0 Å². The van der Waals surface area contributed by atoms with Gasteiger partial charge in [-0.05, 0) is 63.6 Å². The first-order valence-corrected chi connectivity index (χ1v) is 13.3. The summed E-state index contributed by atoms with van der Waals surface area (Å²) in [6.07, 6.45) is 1.74. The van der Waals surface area contributed by atoms with Crippen molar-refractivity contribution in [2.45, 2.75) is 39.8 Å². The monoisotopic (exact) mass is 552 g/mol. The summed E-state index contributed by atoms with van der Waals surface area (Å²) in [5.74, 6) is 1.54. The number of aromatic nitrogens is 1. The van der Waals surface area contributed by atoms with E-state index in [-0.39, 0.29) is 18.3 Å². The molecule has 9 nitrogen and oxygen atoms in total. The van der Waals surface area contributed by atoms with Gasteiger partial charge in [-0.25, -0.2) is 9.79 Å². The molecule has 0 fully saturated rings. The Labute approximate surface area is 230 Å². The lowest BCUT2D eigenvalue weighted by Crippen LogP contribution is -2.39. The molecule has 39 heavy (non-hydrogen) atoms. The topological polar surface area (TPSA) is 97.6 Å². The molecular formula is C29H32N2O7S. The Morgan fingerprint density at radius 3 is 2.33 bits per heavy atom. The fourth-order valence-corrected chi connectivity index (χ4v) is 5.52. The van der Waals surface area contributed by atoms with Crippen LogP contribution in [0.1, 0.15) is 44.9 Å². The van der Waals surface area contributed by atoms with Gasteiger partial charge in [-0.1, -0.05) is 23.5 Å². The number of carbonyl (C=O) groups is 1. The van der Waals surface area contributed by atoms with Crippen LogP contribution in [-0.2, 0) is 9.53 Å². The molecule has 0 unspecified atom stereocenters. The summed E-state index contributed by atoms with van der Waals surface area (Å²) < 4.78 is 29.6. The minimum Gasteiger partial charge on any atom is -0.493 e. The van der Waals surface area contributed by atoms with E-state index in [2.05, 4.69) is 4.99 Å². The SMILES string of the molecule is CCOC(=O)C1=C(C)N=c2s/c(=C/c3ccc(OC)c(OC)c3OC)c(=O)n2[C@@H]1c1ccc(OC(C)C)cc1. The number of esters is 1. The number of hydrogen-bond acceptors (Lipinski definition) is 9. The molecule has 0 bridgehead atoms. The minimum atomic E-state index is -0.720. The van der Waals surface area contributed by atoms with Gasteiger partial charge in [-0.15, -0.1) is 0 Å². The highest BCUT2D eigenvalue weighted by Crippen LogP contribution is 2.40. The maximum absolute atomic E-state index is 13.9. The Morgan fingerprint density at radius 1 is 1.05 bits per heavy atom. The van der Waals surface area contributed by atoms with Crippen LogP contribution >= 0.6 is 11.3 Å². The maximum Gasteiger partial charge on any atom is 0.338 e. The van der Waals surface area contributed by atoms with Crippen molar-refractivity contribution in [3.8, 4) is 23.0 Å². The standard InChI is InChI=1S/C29H32N2O7S/c1-8-37-28(33)23-17(4)30-29-31(24(23)18-9-12-20(13-10-18)38-16(2)3)27(32)22(39-29)15-19-11-14-21(34-5)26(36-7)25(19)35-6/h9-16,24H,8H2,1-7H3/b22-15+/t24-/m1/s1. The summed E-state index contributed by atoms with van der Waals surface area (Å²) in [5, 5.41) is 0. The number of hydrogen-bond donors (Lipinski definition) is 0. The maximum atomic E-state index is 13.9. The van der Waals surface area contributed by atoms with Crippen LogP contribution < -0.4 is 33.8 Å². The number of benzene rings is 2. The highest BCUT2D eigenvalue weighted by atomic mass is 32.1. The molecule has 206 valence electrons. The van der Waals surface area contributed by atoms with Gasteiger partial charge in [0.1, 0.15) is 5.75 Å². The molecule has 10 heteroatoms. The lowest BCUT2D eigenvalue weighted by molar-refractivity contribution is -0.139. The molecule has 0 aliphatic carbocycles. The molecule has 4 rings (SSSR count). The molecule has 0 N–H and O–H groups in total. The van der Waals surface area contributed by atoms with Crippen molar-refractivity contribution in [1.82, 2.24) is 4.57 Å². The third kappa shape index (κ3) is 5.42. The number of ether oxygens (including phenoxy) is 5. The summed E-state index contributed by atoms with van der Waals surface area (Å²) in [4.78, 5) is 32.1. The van der Waals surface area contributed by atoms with Crippen LogP contribution in [0.2, 0.25) is 0 Å². The third-order valence-electron chi connectivity index (χ3n) is 6.11. The van der Waals surface area contributed by atoms with E-state index >= 15 is 0 Å². The van der Waals surface area contributed by atoms with Crippen LogP contribution in [0.25, 0.3) is 6.08 Å². The second kappa shape index (κ2) is 11.8. The van der Waals surface area contributed by atoms with E-state index in [1.165, 1.54) is 25.6 Å². The second-order valence-corrected chi connectivity index (χ2v) is 9.97. The molecule has 1 atom stereocenters. The third-order valence-corrected chi connectivity index (χ3v) is 7.09. The van der Waals surface area contributed by atoms with Crippen molar-refractivity contribution in [3.05, 3.63) is 78.5 Å². The summed E-state index contributed by atoms with van der Waals surface area (Å²) in [6.45, 7) is 7.60. The van der Waals surface area contributed by atoms with Crippen LogP contribution in [0.15, 0.2) is 57.5 Å². The highest BCUT2D eigenvalue weighted by molar-refractivity contribution is 7.07. The predicted molar refractivity (Wildman–Crippen MR) is 149 cm³/mol. The van der Waals surface area contributed by atoms with E-state index in [4.69, 9.17) is 23.7 Å². The van der Waals surface area contributed by atoms with Gasteiger partial charge in [0.25, 0.3) is 5.56 Å². The first-order valence-electron chi connectivity index (χ1n) is 12.5. The van der Waals surface area contributed by atoms with E-state index in [9.17, 15) is 9.59 Å². The molecule has 1 aliphatic heterocycles. The quantitative estimate of drug-likeness (QED) is 0.374. The number of allylic oxidation sites excluding steroid dienone is 1. The molecule has 0 saturated heterocycles. The van der Waals surface area contributed by atoms with Gasteiger partial charge < -0.3 is 23.7 Å². The first kappa shape index (κ1) is 28.0. The van der Waals surface area contributed by atoms with E-state index in [1.807, 2.05) is 38.1 Å². The van der Waals surface area contributed by atoms with Crippen LogP contribution in [0.5, 0.6) is 23.0 Å². The summed E-state index contributed by atoms with van der Waals surface area (Å²) in [7, 11) is 4.59. The Balaban J connectivity index is 1.93. The summed E-state index contributed by atoms with van der Waals surface area (Å²) in [5.41, 5.74) is 1.89. The van der Waals surface area contributed by atoms with Crippen molar-refractivity contribution < 1.29 is 28.5 Å². The normalized spacial score (nSPS) is 15.1. The van der Waals surface area contributed by atoms with E-state index in [0.29, 0.717) is 49.2 Å². The number of rotatable bonds is 9. The molecule has 3 aromatic rings. The Morgan fingerprint density at radius 2 is 1.74 bits per heavy atom. The van der Waals surface area contributed by atoms with E-state index < -0.39 is 12.0 Å². The highest BCUT2D eigenvalue weighted by Gasteiger charge is 2.33. The minimum absolute atomic E-state index is 0.0133. The number of nitrogens with zero attached hydrogens (tertiary/aromatic N) is 2. The molecule has 1 aromatic heterocycles. The lowest BCUT2D eigenvalue weighted by Gasteiger charge is -2.25. The van der Waals surface area contributed by atoms with Crippen molar-refractivity contribution in [2.24, 2.45) is 4.99 Å². The van der Waals surface area contributed by atoms with Crippen molar-refractivity contribution in [3.63, 3.8) is 0 Å². The molecule has 0 amide bonds. The van der Waals surface area contributed by atoms with Gasteiger partial charge in [0, 0.05) is 5.56 Å². The zero-order chi connectivity index (χ0) is 28.3. The van der Waals surface area contributed by atoms with Crippen molar-refractivity contribution >= 4 is 23.4 Å². The Bertz CT molecular complexity index is 1580. The first-order chi connectivity index (χ1) is 18.7. The van der Waals surface area contributed by atoms with Crippen molar-refractivity contribution in [2.75, 3.05) is 27.9 Å². The zero-order valence-corrected chi connectivity index (χ0v) is 23.9. The van der Waals surface area contributed by atoms with Gasteiger partial charge >= 0.3 is 5.97 Å². The molecular weight excluding hydrogens is 520 g/mol. The Kier molecular flexibility index (Phi) is 8.44. The van der Waals surface area contributed by atoms with Crippen LogP contribution in [0, 0.1) is 0 Å². The van der Waals surface area contributed by atoms with Gasteiger partial charge in [-0.3, -0.25) is 9.36 Å². The second-order valence-electron chi connectivity index (χ2n) is 8.96. The predicted octanol–water partition coefficient (Wildman–Crippen LogP) is 3.61. The van der Waals surface area contributed by atoms with Crippen molar-refractivity contribution in [1.29, 1.82) is 0 Å². The van der Waals surface area contributed by atoms with E-state index in [1.54, 1.807) is 43.7 Å². The van der Waals surface area contributed by atoms with Gasteiger partial charge in [0.2, 0.25) is 5.75 Å². The zero-order valence-electron chi connectivity index (χ0n) is 23.1. The molecule has 0 spiro atoms. The molecule has 1 aliphatic rings. The molecule has 2 heterocycles. The fourth-order valence-electron chi connectivity index (χ4n) is 4.49. The molecule has 0 saturated carbocycles. The molecule has 2 aromatic carbocycles. The van der Waals surface area contributed by atoms with E-state index in [0.717, 1.165) is 5.56 Å².